The molecule has 0 saturated heterocycles. The maximum absolute atomic E-state index is 10.9. The molecule has 19 heavy (non-hydrogen) atoms. The van der Waals surface area contributed by atoms with Gasteiger partial charge in [-0.25, -0.2) is 0 Å². The maximum Gasteiger partial charge on any atom is 0.130 e. The van der Waals surface area contributed by atoms with Crippen molar-refractivity contribution in [1.29, 1.82) is 0 Å². The summed E-state index contributed by atoms with van der Waals surface area (Å²) in [6.45, 7) is 10.4. The smallest absolute Gasteiger partial charge is 0.130 e. The van der Waals surface area contributed by atoms with E-state index in [1.165, 1.54) is 11.1 Å². The SMILES string of the molecule is CC(=O)CCC=Nc1c(C(C)C)cccc1C(C)C. The molecule has 104 valence electrons. The first-order valence-electron chi connectivity index (χ1n) is 7.08. The number of carbonyl (C=O) groups excluding carboxylic acids is 1. The molecule has 0 N–H and O–H groups in total. The first kappa shape index (κ1) is 15.6. The predicted octanol–water partition coefficient (Wildman–Crippen LogP) is 5.00. The van der Waals surface area contributed by atoms with Crippen LogP contribution in [0.1, 0.15) is 70.4 Å². The predicted molar refractivity (Wildman–Crippen MR) is 82.7 cm³/mol. The molecule has 0 unspecified atom stereocenters. The molecule has 0 aliphatic rings. The molecule has 0 saturated carbocycles. The van der Waals surface area contributed by atoms with Gasteiger partial charge in [-0.1, -0.05) is 45.9 Å². The minimum atomic E-state index is 0.215. The van der Waals surface area contributed by atoms with Crippen LogP contribution in [0.2, 0.25) is 0 Å². The lowest BCUT2D eigenvalue weighted by Crippen LogP contribution is -1.96. The summed E-state index contributed by atoms with van der Waals surface area (Å²) >= 11 is 0. The molecule has 0 heterocycles. The molecule has 1 rings (SSSR count). The molecule has 0 amide bonds. The number of hydrogen-bond acceptors (Lipinski definition) is 2. The van der Waals surface area contributed by atoms with Gasteiger partial charge in [0.15, 0.2) is 0 Å². The van der Waals surface area contributed by atoms with E-state index in [1.807, 2.05) is 6.21 Å². The molecular weight excluding hydrogens is 234 g/mol. The zero-order valence-electron chi connectivity index (χ0n) is 12.7. The second kappa shape index (κ2) is 7.22. The Balaban J connectivity index is 3.04. The van der Waals surface area contributed by atoms with Crippen LogP contribution >= 0.6 is 0 Å². The quantitative estimate of drug-likeness (QED) is 0.661. The molecule has 0 aliphatic heterocycles. The molecular formula is C17H25NO. The molecule has 0 spiro atoms. The largest absolute Gasteiger partial charge is 0.300 e. The lowest BCUT2D eigenvalue weighted by Gasteiger charge is -2.16. The van der Waals surface area contributed by atoms with E-state index in [-0.39, 0.29) is 5.78 Å². The fourth-order valence-electron chi connectivity index (χ4n) is 2.08. The first-order valence-corrected chi connectivity index (χ1v) is 7.08. The van der Waals surface area contributed by atoms with E-state index in [4.69, 9.17) is 0 Å². The van der Waals surface area contributed by atoms with Gasteiger partial charge < -0.3 is 4.79 Å². The van der Waals surface area contributed by atoms with E-state index in [1.54, 1.807) is 6.92 Å². The van der Waals surface area contributed by atoms with Gasteiger partial charge in [-0.15, -0.1) is 0 Å². The summed E-state index contributed by atoms with van der Waals surface area (Å²) < 4.78 is 0. The van der Waals surface area contributed by atoms with Crippen LogP contribution in [0.5, 0.6) is 0 Å². The molecule has 0 aliphatic carbocycles. The van der Waals surface area contributed by atoms with Crippen molar-refractivity contribution in [2.75, 3.05) is 0 Å². The molecule has 0 bridgehead atoms. The number of carbonyl (C=O) groups is 1. The van der Waals surface area contributed by atoms with Crippen LogP contribution in [0.4, 0.5) is 5.69 Å². The van der Waals surface area contributed by atoms with Gasteiger partial charge >= 0.3 is 0 Å². The summed E-state index contributed by atoms with van der Waals surface area (Å²) in [6.07, 6.45) is 3.18. The van der Waals surface area contributed by atoms with Crippen LogP contribution in [0.3, 0.4) is 0 Å². The Morgan fingerprint density at radius 2 is 1.68 bits per heavy atom. The second-order valence-electron chi connectivity index (χ2n) is 5.65. The first-order chi connectivity index (χ1) is 8.93. The summed E-state index contributed by atoms with van der Waals surface area (Å²) in [6, 6.07) is 6.40. The number of Topliss-reactive ketones (excluding diaryl/α,β-unsaturated/α-hetero) is 1. The zero-order valence-corrected chi connectivity index (χ0v) is 12.7. The van der Waals surface area contributed by atoms with Gasteiger partial charge in [0, 0.05) is 12.6 Å². The summed E-state index contributed by atoms with van der Waals surface area (Å²) in [4.78, 5) is 15.6. The van der Waals surface area contributed by atoms with Crippen molar-refractivity contribution in [2.45, 2.75) is 59.3 Å². The van der Waals surface area contributed by atoms with E-state index >= 15 is 0 Å². The van der Waals surface area contributed by atoms with Gasteiger partial charge in [-0.2, -0.15) is 0 Å². The fraction of sp³-hybridized carbons (Fsp3) is 0.529. The van der Waals surface area contributed by atoms with Gasteiger partial charge in [-0.05, 0) is 36.3 Å². The number of ketones is 1. The highest BCUT2D eigenvalue weighted by atomic mass is 16.1. The Hall–Kier alpha value is -1.44. The van der Waals surface area contributed by atoms with Gasteiger partial charge in [0.1, 0.15) is 5.78 Å². The minimum Gasteiger partial charge on any atom is -0.300 e. The molecule has 1 aromatic carbocycles. The Morgan fingerprint density at radius 3 is 2.11 bits per heavy atom. The van der Waals surface area contributed by atoms with E-state index < -0.39 is 0 Å². The second-order valence-corrected chi connectivity index (χ2v) is 5.65. The summed E-state index contributed by atoms with van der Waals surface area (Å²) in [5, 5.41) is 0. The number of hydrogen-bond donors (Lipinski definition) is 0. The molecule has 0 aromatic heterocycles. The summed E-state index contributed by atoms with van der Waals surface area (Å²) in [7, 11) is 0. The fourth-order valence-corrected chi connectivity index (χ4v) is 2.08. The average Bonchev–Trinajstić information content (AvgIpc) is 2.33. The number of rotatable bonds is 6. The highest BCUT2D eigenvalue weighted by molar-refractivity contribution is 5.79. The Labute approximate surface area is 117 Å². The van der Waals surface area contributed by atoms with E-state index in [0.29, 0.717) is 18.3 Å². The van der Waals surface area contributed by atoms with Crippen LogP contribution in [0, 0.1) is 0 Å². The summed E-state index contributed by atoms with van der Waals surface area (Å²) in [5.41, 5.74) is 3.66. The number of aliphatic imine (C=N–C) groups is 1. The highest BCUT2D eigenvalue weighted by Crippen LogP contribution is 2.34. The standard InChI is InChI=1S/C17H25NO/c1-12(2)15-9-6-10-16(13(3)4)17(15)18-11-7-8-14(5)19/h6,9-13H,7-8H2,1-5H3. The third kappa shape index (κ3) is 4.62. The van der Waals surface area contributed by atoms with E-state index in [9.17, 15) is 4.79 Å². The van der Waals surface area contributed by atoms with E-state index in [2.05, 4.69) is 50.9 Å². The number of para-hydroxylation sites is 1. The maximum atomic E-state index is 10.9. The molecule has 2 nitrogen and oxygen atoms in total. The molecule has 1 aromatic rings. The van der Waals surface area contributed by atoms with E-state index in [0.717, 1.165) is 12.1 Å². The van der Waals surface area contributed by atoms with Crippen molar-refractivity contribution < 1.29 is 4.79 Å². The van der Waals surface area contributed by atoms with Crippen molar-refractivity contribution in [3.8, 4) is 0 Å². The molecule has 0 fully saturated rings. The van der Waals surface area contributed by atoms with Gasteiger partial charge in [0.05, 0.1) is 5.69 Å². The van der Waals surface area contributed by atoms with Gasteiger partial charge in [0.25, 0.3) is 0 Å². The van der Waals surface area contributed by atoms with Gasteiger partial charge in [-0.3, -0.25) is 4.99 Å². The number of benzene rings is 1. The van der Waals surface area contributed by atoms with Crippen LogP contribution in [0.15, 0.2) is 23.2 Å². The van der Waals surface area contributed by atoms with Gasteiger partial charge in [0.2, 0.25) is 0 Å². The normalized spacial score (nSPS) is 11.7. The Morgan fingerprint density at radius 1 is 1.16 bits per heavy atom. The lowest BCUT2D eigenvalue weighted by molar-refractivity contribution is -0.116. The van der Waals surface area contributed by atoms with Crippen LogP contribution in [0.25, 0.3) is 0 Å². The monoisotopic (exact) mass is 259 g/mol. The third-order valence-corrected chi connectivity index (χ3v) is 3.19. The summed E-state index contributed by atoms with van der Waals surface area (Å²) in [5.74, 6) is 1.13. The van der Waals surface area contributed by atoms with Crippen LogP contribution in [-0.2, 0) is 4.79 Å². The zero-order chi connectivity index (χ0) is 14.4. The topological polar surface area (TPSA) is 29.4 Å². The molecule has 2 heteroatoms. The highest BCUT2D eigenvalue weighted by Gasteiger charge is 2.12. The average molecular weight is 259 g/mol. The van der Waals surface area contributed by atoms with Crippen molar-refractivity contribution in [2.24, 2.45) is 4.99 Å². The molecule has 0 atom stereocenters. The van der Waals surface area contributed by atoms with Crippen LogP contribution < -0.4 is 0 Å². The molecule has 0 radical (unpaired) electrons. The third-order valence-electron chi connectivity index (χ3n) is 3.19. The number of nitrogens with zero attached hydrogens (tertiary/aromatic N) is 1. The Kier molecular flexibility index (Phi) is 5.94. The van der Waals surface area contributed by atoms with Crippen molar-refractivity contribution in [1.82, 2.24) is 0 Å². The minimum absolute atomic E-state index is 0.215. The Bertz CT molecular complexity index is 432. The van der Waals surface area contributed by atoms with Crippen molar-refractivity contribution >= 4 is 17.7 Å². The van der Waals surface area contributed by atoms with Crippen molar-refractivity contribution in [3.63, 3.8) is 0 Å². The van der Waals surface area contributed by atoms with Crippen LogP contribution in [-0.4, -0.2) is 12.0 Å². The lowest BCUT2D eigenvalue weighted by atomic mass is 9.93. The van der Waals surface area contributed by atoms with Crippen molar-refractivity contribution in [3.05, 3.63) is 29.3 Å².